The molecule has 0 unspecified atom stereocenters. The highest BCUT2D eigenvalue weighted by Crippen LogP contribution is 2.19. The predicted molar refractivity (Wildman–Crippen MR) is 85.8 cm³/mol. The van der Waals surface area contributed by atoms with E-state index in [1.165, 1.54) is 5.56 Å². The Bertz CT molecular complexity index is 586. The molecular weight excluding hydrogens is 290 g/mol. The van der Waals surface area contributed by atoms with Gasteiger partial charge < -0.3 is 5.32 Å². The second kappa shape index (κ2) is 7.36. The van der Waals surface area contributed by atoms with Crippen LogP contribution < -0.4 is 5.32 Å². The summed E-state index contributed by atoms with van der Waals surface area (Å²) in [6.07, 6.45) is 1.84. The first-order valence-electron chi connectivity index (χ1n) is 6.47. The lowest BCUT2D eigenvalue weighted by molar-refractivity contribution is 0.0953. The van der Waals surface area contributed by atoms with Gasteiger partial charge in [-0.25, -0.2) is 0 Å². The third kappa shape index (κ3) is 4.29. The highest BCUT2D eigenvalue weighted by atomic mass is 35.5. The fraction of sp³-hybridized carbons (Fsp3) is 0.188. The zero-order chi connectivity index (χ0) is 14.4. The lowest BCUT2D eigenvalue weighted by atomic mass is 10.1. The molecule has 0 fully saturated rings. The molecule has 0 aliphatic rings. The van der Waals surface area contributed by atoms with Crippen LogP contribution in [-0.2, 0) is 6.42 Å². The third-order valence-electron chi connectivity index (χ3n) is 2.97. The van der Waals surface area contributed by atoms with Crippen LogP contribution in [0, 0.1) is 0 Å². The fourth-order valence-electron chi connectivity index (χ4n) is 1.92. The maximum atomic E-state index is 12.0. The van der Waals surface area contributed by atoms with Gasteiger partial charge in [0.05, 0.1) is 10.6 Å². The van der Waals surface area contributed by atoms with Gasteiger partial charge in [0.15, 0.2) is 0 Å². The van der Waals surface area contributed by atoms with E-state index in [0.29, 0.717) is 17.1 Å². The van der Waals surface area contributed by atoms with Crippen molar-refractivity contribution in [2.45, 2.75) is 17.7 Å². The minimum atomic E-state index is -0.154. The van der Waals surface area contributed by atoms with Crippen molar-refractivity contribution in [3.8, 4) is 0 Å². The van der Waals surface area contributed by atoms with E-state index in [1.54, 1.807) is 18.2 Å². The van der Waals surface area contributed by atoms with Gasteiger partial charge in [-0.3, -0.25) is 4.79 Å². The summed E-state index contributed by atoms with van der Waals surface area (Å²) < 4.78 is 0. The van der Waals surface area contributed by atoms with Crippen LogP contribution >= 0.6 is 24.2 Å². The summed E-state index contributed by atoms with van der Waals surface area (Å²) in [5.74, 6) is -0.154. The summed E-state index contributed by atoms with van der Waals surface area (Å²) in [4.78, 5) is 12.7. The van der Waals surface area contributed by atoms with Gasteiger partial charge in [-0.05, 0) is 36.6 Å². The molecule has 104 valence electrons. The number of rotatable bonds is 5. The average Bonchev–Trinajstić information content (AvgIpc) is 2.47. The average molecular weight is 306 g/mol. The third-order valence-corrected chi connectivity index (χ3v) is 3.57. The van der Waals surface area contributed by atoms with Crippen LogP contribution in [0.15, 0.2) is 53.4 Å². The molecule has 0 aliphatic heterocycles. The molecule has 2 aromatic rings. The van der Waals surface area contributed by atoms with E-state index in [2.05, 4.69) is 30.1 Å². The van der Waals surface area contributed by atoms with E-state index in [1.807, 2.05) is 18.2 Å². The van der Waals surface area contributed by atoms with Crippen molar-refractivity contribution in [3.05, 3.63) is 64.7 Å². The molecule has 1 amide bonds. The minimum Gasteiger partial charge on any atom is -0.352 e. The van der Waals surface area contributed by atoms with Gasteiger partial charge in [0, 0.05) is 11.4 Å². The van der Waals surface area contributed by atoms with Crippen LogP contribution in [0.2, 0.25) is 5.02 Å². The lowest BCUT2D eigenvalue weighted by Crippen LogP contribution is -2.25. The van der Waals surface area contributed by atoms with Gasteiger partial charge in [0.2, 0.25) is 0 Å². The summed E-state index contributed by atoms with van der Waals surface area (Å²) in [7, 11) is 0. The lowest BCUT2D eigenvalue weighted by Gasteiger charge is -2.07. The molecule has 2 rings (SSSR count). The molecule has 0 atom stereocenters. The first-order chi connectivity index (χ1) is 9.66. The Balaban J connectivity index is 1.82. The van der Waals surface area contributed by atoms with Crippen molar-refractivity contribution < 1.29 is 4.79 Å². The van der Waals surface area contributed by atoms with E-state index in [0.717, 1.165) is 17.7 Å². The number of nitrogens with one attached hydrogen (secondary N) is 1. The zero-order valence-corrected chi connectivity index (χ0v) is 12.6. The number of amides is 1. The number of hydrogen-bond acceptors (Lipinski definition) is 2. The number of hydrogen-bond donors (Lipinski definition) is 2. The molecule has 0 saturated heterocycles. The number of carbonyl (C=O) groups is 1. The largest absolute Gasteiger partial charge is 0.352 e. The molecule has 0 aliphatic carbocycles. The van der Waals surface area contributed by atoms with Crippen LogP contribution in [-0.4, -0.2) is 12.5 Å². The normalized spacial score (nSPS) is 10.3. The second-order valence-corrected chi connectivity index (χ2v) is 5.43. The Labute approximate surface area is 129 Å². The van der Waals surface area contributed by atoms with Crippen LogP contribution in [0.25, 0.3) is 0 Å². The fourth-order valence-corrected chi connectivity index (χ4v) is 2.33. The number of benzene rings is 2. The molecule has 2 aromatic carbocycles. The highest BCUT2D eigenvalue weighted by molar-refractivity contribution is 7.80. The minimum absolute atomic E-state index is 0.154. The number of carbonyl (C=O) groups excluding carboxylic acids is 1. The van der Waals surface area contributed by atoms with Crippen molar-refractivity contribution >= 4 is 30.1 Å². The van der Waals surface area contributed by atoms with Crippen molar-refractivity contribution in [1.29, 1.82) is 0 Å². The van der Waals surface area contributed by atoms with Gasteiger partial charge in [-0.15, -0.1) is 12.6 Å². The summed E-state index contributed by atoms with van der Waals surface area (Å²) in [5, 5.41) is 3.33. The quantitative estimate of drug-likeness (QED) is 0.635. The molecule has 0 saturated carbocycles. The first kappa shape index (κ1) is 14.9. The molecule has 0 bridgehead atoms. The molecule has 4 heteroatoms. The van der Waals surface area contributed by atoms with E-state index in [9.17, 15) is 4.79 Å². The summed E-state index contributed by atoms with van der Waals surface area (Å²) in [5.41, 5.74) is 1.75. The number of aryl methyl sites for hydroxylation is 1. The SMILES string of the molecule is O=C(NCCCc1ccccc1)c1cc(S)ccc1Cl. The molecule has 0 aromatic heterocycles. The van der Waals surface area contributed by atoms with E-state index in [-0.39, 0.29) is 5.91 Å². The zero-order valence-electron chi connectivity index (χ0n) is 11.0. The Hall–Kier alpha value is -1.45. The van der Waals surface area contributed by atoms with Gasteiger partial charge >= 0.3 is 0 Å². The second-order valence-electron chi connectivity index (χ2n) is 4.51. The first-order valence-corrected chi connectivity index (χ1v) is 7.30. The Morgan fingerprint density at radius 1 is 1.15 bits per heavy atom. The summed E-state index contributed by atoms with van der Waals surface area (Å²) >= 11 is 10.2. The molecule has 2 nitrogen and oxygen atoms in total. The van der Waals surface area contributed by atoms with Crippen molar-refractivity contribution in [2.24, 2.45) is 0 Å². The maximum Gasteiger partial charge on any atom is 0.252 e. The Morgan fingerprint density at radius 2 is 1.90 bits per heavy atom. The van der Waals surface area contributed by atoms with Gasteiger partial charge in [0.1, 0.15) is 0 Å². The number of halogens is 1. The summed E-state index contributed by atoms with van der Waals surface area (Å²) in [6.45, 7) is 0.626. The maximum absolute atomic E-state index is 12.0. The van der Waals surface area contributed by atoms with Crippen LogP contribution in [0.5, 0.6) is 0 Å². The van der Waals surface area contributed by atoms with Crippen molar-refractivity contribution in [2.75, 3.05) is 6.54 Å². The van der Waals surface area contributed by atoms with Crippen molar-refractivity contribution in [1.82, 2.24) is 5.32 Å². The van der Waals surface area contributed by atoms with Gasteiger partial charge in [-0.1, -0.05) is 41.9 Å². The van der Waals surface area contributed by atoms with Crippen molar-refractivity contribution in [3.63, 3.8) is 0 Å². The van der Waals surface area contributed by atoms with E-state index >= 15 is 0 Å². The Morgan fingerprint density at radius 3 is 2.65 bits per heavy atom. The molecule has 0 radical (unpaired) electrons. The molecule has 0 spiro atoms. The topological polar surface area (TPSA) is 29.1 Å². The van der Waals surface area contributed by atoms with E-state index in [4.69, 9.17) is 11.6 Å². The van der Waals surface area contributed by atoms with Crippen LogP contribution in [0.1, 0.15) is 22.3 Å². The van der Waals surface area contributed by atoms with Crippen LogP contribution in [0.3, 0.4) is 0 Å². The molecule has 0 heterocycles. The van der Waals surface area contributed by atoms with E-state index < -0.39 is 0 Å². The summed E-state index contributed by atoms with van der Waals surface area (Å²) in [6, 6.07) is 15.3. The van der Waals surface area contributed by atoms with Gasteiger partial charge in [0.25, 0.3) is 5.91 Å². The monoisotopic (exact) mass is 305 g/mol. The molecular formula is C16H16ClNOS. The standard InChI is InChI=1S/C16H16ClNOS/c17-15-9-8-13(20)11-14(15)16(19)18-10-4-7-12-5-2-1-3-6-12/h1-3,5-6,8-9,11,20H,4,7,10H2,(H,18,19). The highest BCUT2D eigenvalue weighted by Gasteiger charge is 2.09. The van der Waals surface area contributed by atoms with Gasteiger partial charge in [-0.2, -0.15) is 0 Å². The molecule has 20 heavy (non-hydrogen) atoms. The smallest absolute Gasteiger partial charge is 0.252 e. The van der Waals surface area contributed by atoms with Crippen LogP contribution in [0.4, 0.5) is 0 Å². The number of thiol groups is 1. The molecule has 1 N–H and O–H groups in total. The Kier molecular flexibility index (Phi) is 5.50. The predicted octanol–water partition coefficient (Wildman–Crippen LogP) is 3.99.